The Kier molecular flexibility index (Phi) is 3.07. The van der Waals surface area contributed by atoms with Crippen LogP contribution in [0.25, 0.3) is 0 Å². The molecule has 98 valence electrons. The smallest absolute Gasteiger partial charge is 0.252 e. The Balaban J connectivity index is 1.73. The quantitative estimate of drug-likeness (QED) is 0.854. The lowest BCUT2D eigenvalue weighted by Gasteiger charge is -2.28. The van der Waals surface area contributed by atoms with Gasteiger partial charge in [0.2, 0.25) is 0 Å². The monoisotopic (exact) mass is 249 g/mol. The van der Waals surface area contributed by atoms with Crippen molar-refractivity contribution in [2.24, 2.45) is 0 Å². The second-order valence-corrected chi connectivity index (χ2v) is 5.34. The largest absolute Gasteiger partial charge is 0.378 e. The third kappa shape index (κ3) is 2.72. The number of anilines is 1. The van der Waals surface area contributed by atoms with E-state index in [0.717, 1.165) is 38.1 Å². The van der Waals surface area contributed by atoms with E-state index in [-0.39, 0.29) is 11.7 Å². The second-order valence-electron chi connectivity index (χ2n) is 5.34. The van der Waals surface area contributed by atoms with Crippen LogP contribution in [0.15, 0.2) is 10.9 Å². The zero-order valence-electron chi connectivity index (χ0n) is 10.6. The maximum atomic E-state index is 11.6. The van der Waals surface area contributed by atoms with Gasteiger partial charge in [0.15, 0.2) is 0 Å². The third-order valence-corrected chi connectivity index (χ3v) is 3.56. The zero-order chi connectivity index (χ0) is 12.5. The fraction of sp³-hybridized carbons (Fsp3) is 0.692. The van der Waals surface area contributed by atoms with Gasteiger partial charge in [-0.2, -0.15) is 0 Å². The van der Waals surface area contributed by atoms with Crippen molar-refractivity contribution in [2.75, 3.05) is 11.9 Å². The van der Waals surface area contributed by atoms with Gasteiger partial charge < -0.3 is 15.0 Å². The summed E-state index contributed by atoms with van der Waals surface area (Å²) in [4.78, 5) is 18.9. The van der Waals surface area contributed by atoms with Crippen LogP contribution in [0, 0.1) is 0 Å². The first-order chi connectivity index (χ1) is 8.70. The van der Waals surface area contributed by atoms with E-state index in [1.165, 1.54) is 0 Å². The molecule has 2 unspecified atom stereocenters. The number of hydrogen-bond donors (Lipinski definition) is 2. The van der Waals surface area contributed by atoms with Crippen LogP contribution in [0.4, 0.5) is 5.82 Å². The van der Waals surface area contributed by atoms with Crippen molar-refractivity contribution in [3.63, 3.8) is 0 Å². The molecule has 5 nitrogen and oxygen atoms in total. The highest BCUT2D eigenvalue weighted by Gasteiger charge is 2.27. The SMILES string of the molecule is CC1CC(Nc2cc(=O)[nH]c(C3CC3)n2)CCO1. The van der Waals surface area contributed by atoms with Crippen molar-refractivity contribution in [1.29, 1.82) is 0 Å². The number of nitrogens with one attached hydrogen (secondary N) is 2. The predicted octanol–water partition coefficient (Wildman–Crippen LogP) is 1.63. The second kappa shape index (κ2) is 4.72. The molecule has 2 N–H and O–H groups in total. The summed E-state index contributed by atoms with van der Waals surface area (Å²) in [6.45, 7) is 2.85. The van der Waals surface area contributed by atoms with Gasteiger partial charge in [-0.15, -0.1) is 0 Å². The summed E-state index contributed by atoms with van der Waals surface area (Å²) >= 11 is 0. The predicted molar refractivity (Wildman–Crippen MR) is 68.9 cm³/mol. The summed E-state index contributed by atoms with van der Waals surface area (Å²) in [5.74, 6) is 2.01. The lowest BCUT2D eigenvalue weighted by Crippen LogP contribution is -2.33. The number of aromatic amines is 1. The average molecular weight is 249 g/mol. The maximum absolute atomic E-state index is 11.6. The van der Waals surface area contributed by atoms with Crippen molar-refractivity contribution in [3.8, 4) is 0 Å². The minimum absolute atomic E-state index is 0.0606. The standard InChI is InChI=1S/C13H19N3O2/c1-8-6-10(4-5-18-8)14-11-7-12(17)16-13(15-11)9-2-3-9/h7-10H,2-6H2,1H3,(H2,14,15,16,17). The zero-order valence-corrected chi connectivity index (χ0v) is 10.6. The maximum Gasteiger partial charge on any atom is 0.252 e. The molecule has 1 aliphatic carbocycles. The Hall–Kier alpha value is -1.36. The minimum atomic E-state index is -0.0606. The van der Waals surface area contributed by atoms with Gasteiger partial charge in [-0.3, -0.25) is 4.79 Å². The molecule has 18 heavy (non-hydrogen) atoms. The van der Waals surface area contributed by atoms with Gasteiger partial charge >= 0.3 is 0 Å². The van der Waals surface area contributed by atoms with Crippen molar-refractivity contribution in [3.05, 3.63) is 22.2 Å². The van der Waals surface area contributed by atoms with Gasteiger partial charge in [-0.05, 0) is 32.6 Å². The van der Waals surface area contributed by atoms with E-state index in [1.54, 1.807) is 6.07 Å². The Bertz CT molecular complexity index is 481. The molecule has 1 saturated carbocycles. The topological polar surface area (TPSA) is 67.0 Å². The summed E-state index contributed by atoms with van der Waals surface area (Å²) in [5, 5.41) is 3.36. The summed E-state index contributed by atoms with van der Waals surface area (Å²) in [6.07, 6.45) is 4.49. The molecular weight excluding hydrogens is 230 g/mol. The molecule has 5 heteroatoms. The van der Waals surface area contributed by atoms with Crippen molar-refractivity contribution in [2.45, 2.75) is 50.7 Å². The average Bonchev–Trinajstić information content (AvgIpc) is 3.11. The normalized spacial score (nSPS) is 28.1. The highest BCUT2D eigenvalue weighted by atomic mass is 16.5. The minimum Gasteiger partial charge on any atom is -0.378 e. The molecule has 1 saturated heterocycles. The number of ether oxygens (including phenoxy) is 1. The molecule has 2 heterocycles. The highest BCUT2D eigenvalue weighted by Crippen LogP contribution is 2.37. The van der Waals surface area contributed by atoms with Crippen LogP contribution in [0.5, 0.6) is 0 Å². The van der Waals surface area contributed by atoms with E-state index in [9.17, 15) is 4.79 Å². The van der Waals surface area contributed by atoms with Crippen LogP contribution in [0.1, 0.15) is 44.3 Å². The third-order valence-electron chi connectivity index (χ3n) is 3.56. The number of hydrogen-bond acceptors (Lipinski definition) is 4. The number of nitrogens with zero attached hydrogens (tertiary/aromatic N) is 1. The van der Waals surface area contributed by atoms with E-state index in [1.807, 2.05) is 0 Å². The van der Waals surface area contributed by atoms with Gasteiger partial charge in [-0.25, -0.2) is 4.98 Å². The number of rotatable bonds is 3. The van der Waals surface area contributed by atoms with Crippen LogP contribution >= 0.6 is 0 Å². The molecule has 0 bridgehead atoms. The van der Waals surface area contributed by atoms with Crippen molar-refractivity contribution >= 4 is 5.82 Å². The van der Waals surface area contributed by atoms with Gasteiger partial charge in [0, 0.05) is 24.6 Å². The lowest BCUT2D eigenvalue weighted by atomic mass is 10.0. The summed E-state index contributed by atoms with van der Waals surface area (Å²) < 4.78 is 5.51. The van der Waals surface area contributed by atoms with Gasteiger partial charge in [-0.1, -0.05) is 0 Å². The first-order valence-electron chi connectivity index (χ1n) is 6.70. The molecule has 1 aromatic rings. The summed E-state index contributed by atoms with van der Waals surface area (Å²) in [7, 11) is 0. The van der Waals surface area contributed by atoms with Gasteiger partial charge in [0.05, 0.1) is 6.10 Å². The highest BCUT2D eigenvalue weighted by molar-refractivity contribution is 5.35. The van der Waals surface area contributed by atoms with Gasteiger partial charge in [0.1, 0.15) is 11.6 Å². The van der Waals surface area contributed by atoms with Gasteiger partial charge in [0.25, 0.3) is 5.56 Å². The van der Waals surface area contributed by atoms with E-state index < -0.39 is 0 Å². The molecule has 2 aliphatic rings. The summed E-state index contributed by atoms with van der Waals surface area (Å²) in [5.41, 5.74) is -0.0606. The Labute approximate surface area is 106 Å². The van der Waals surface area contributed by atoms with E-state index >= 15 is 0 Å². The van der Waals surface area contributed by atoms with Crippen molar-refractivity contribution < 1.29 is 4.74 Å². The number of H-pyrrole nitrogens is 1. The first kappa shape index (κ1) is 11.7. The van der Waals surface area contributed by atoms with Crippen LogP contribution in [-0.4, -0.2) is 28.7 Å². The number of aromatic nitrogens is 2. The molecular formula is C13H19N3O2. The Morgan fingerprint density at radius 1 is 1.44 bits per heavy atom. The molecule has 2 fully saturated rings. The van der Waals surface area contributed by atoms with E-state index in [0.29, 0.717) is 17.8 Å². The van der Waals surface area contributed by atoms with Crippen molar-refractivity contribution in [1.82, 2.24) is 9.97 Å². The Morgan fingerprint density at radius 3 is 3.00 bits per heavy atom. The molecule has 0 amide bonds. The lowest BCUT2D eigenvalue weighted by molar-refractivity contribution is 0.0232. The fourth-order valence-electron chi connectivity index (χ4n) is 2.44. The molecule has 0 aromatic carbocycles. The summed E-state index contributed by atoms with van der Waals surface area (Å²) in [6, 6.07) is 1.90. The van der Waals surface area contributed by atoms with Crippen LogP contribution < -0.4 is 10.9 Å². The van der Waals surface area contributed by atoms with Crippen LogP contribution in [0.2, 0.25) is 0 Å². The molecule has 3 rings (SSSR count). The molecule has 2 atom stereocenters. The molecule has 0 spiro atoms. The Morgan fingerprint density at radius 2 is 2.28 bits per heavy atom. The van der Waals surface area contributed by atoms with Crippen LogP contribution in [-0.2, 0) is 4.74 Å². The van der Waals surface area contributed by atoms with E-state index in [2.05, 4.69) is 22.2 Å². The van der Waals surface area contributed by atoms with E-state index in [4.69, 9.17) is 4.74 Å². The molecule has 1 aromatic heterocycles. The fourth-order valence-corrected chi connectivity index (χ4v) is 2.44. The van der Waals surface area contributed by atoms with Crippen LogP contribution in [0.3, 0.4) is 0 Å². The molecule has 1 aliphatic heterocycles. The molecule has 0 radical (unpaired) electrons. The first-order valence-corrected chi connectivity index (χ1v) is 6.70.